The Morgan fingerprint density at radius 3 is 2.14 bits per heavy atom. The maximum atomic E-state index is 12.9. The first-order chi connectivity index (χ1) is 13.7. The molecule has 0 fully saturated rings. The average Bonchev–Trinajstić information content (AvgIpc) is 2.71. The van der Waals surface area contributed by atoms with Crippen LogP contribution >= 0.6 is 34.8 Å². The van der Waals surface area contributed by atoms with E-state index in [1.54, 1.807) is 0 Å². The van der Waals surface area contributed by atoms with Gasteiger partial charge in [-0.25, -0.2) is 8.42 Å². The minimum Gasteiger partial charge on any atom is -0.491 e. The quantitative estimate of drug-likeness (QED) is 0.500. The molecule has 6 nitrogen and oxygen atoms in total. The number of aliphatic hydroxyl groups is 1. The van der Waals surface area contributed by atoms with Crippen molar-refractivity contribution in [2.45, 2.75) is 22.8 Å². The number of sulfone groups is 1. The molecule has 0 aliphatic heterocycles. The van der Waals surface area contributed by atoms with Gasteiger partial charge in [0, 0.05) is 18.3 Å². The molecule has 2 rings (SSSR count). The molecule has 0 saturated heterocycles. The van der Waals surface area contributed by atoms with Gasteiger partial charge in [0.15, 0.2) is 5.75 Å². The van der Waals surface area contributed by atoms with Gasteiger partial charge >= 0.3 is 0 Å². The molecule has 0 spiro atoms. The van der Waals surface area contributed by atoms with Crippen LogP contribution in [0.4, 0.5) is 0 Å². The van der Waals surface area contributed by atoms with Crippen molar-refractivity contribution in [2.24, 2.45) is 11.7 Å². The van der Waals surface area contributed by atoms with E-state index in [1.165, 1.54) is 36.4 Å². The normalized spacial score (nSPS) is 13.7. The fourth-order valence-electron chi connectivity index (χ4n) is 2.21. The summed E-state index contributed by atoms with van der Waals surface area (Å²) in [6.45, 7) is 2.28. The van der Waals surface area contributed by atoms with Crippen molar-refractivity contribution in [3.05, 3.63) is 46.4 Å². The number of nitrogens with two attached hydrogens (primary N) is 1. The van der Waals surface area contributed by atoms with E-state index < -0.39 is 15.9 Å². The Hall–Kier alpha value is -1.22. The molecule has 0 saturated carbocycles. The number of ether oxygens (including phenoxy) is 2. The lowest BCUT2D eigenvalue weighted by Crippen LogP contribution is -2.26. The molecule has 2 atom stereocenters. The molecule has 0 aliphatic rings. The lowest BCUT2D eigenvalue weighted by Gasteiger charge is -2.15. The largest absolute Gasteiger partial charge is 0.491 e. The lowest BCUT2D eigenvalue weighted by atomic mass is 10.2. The molecular formula is C19H22Cl3NO5S. The fourth-order valence-corrected chi connectivity index (χ4v) is 4.34. The van der Waals surface area contributed by atoms with Crippen LogP contribution in [0.1, 0.15) is 6.92 Å². The highest BCUT2D eigenvalue weighted by molar-refractivity contribution is 7.91. The van der Waals surface area contributed by atoms with Crippen molar-refractivity contribution in [1.82, 2.24) is 0 Å². The van der Waals surface area contributed by atoms with Crippen molar-refractivity contribution in [2.75, 3.05) is 25.6 Å². The highest BCUT2D eigenvalue weighted by Gasteiger charge is 2.22. The number of benzene rings is 2. The third kappa shape index (κ3) is 6.38. The molecule has 0 aromatic heterocycles. The zero-order valence-corrected chi connectivity index (χ0v) is 18.7. The summed E-state index contributed by atoms with van der Waals surface area (Å²) < 4.78 is 36.7. The monoisotopic (exact) mass is 481 g/mol. The highest BCUT2D eigenvalue weighted by atomic mass is 35.5. The molecule has 0 heterocycles. The van der Waals surface area contributed by atoms with Gasteiger partial charge in [0.1, 0.15) is 18.5 Å². The summed E-state index contributed by atoms with van der Waals surface area (Å²) in [6, 6.07) is 8.37. The molecule has 3 N–H and O–H groups in total. The first kappa shape index (κ1) is 24.1. The van der Waals surface area contributed by atoms with Gasteiger partial charge in [0.05, 0.1) is 26.4 Å². The zero-order valence-electron chi connectivity index (χ0n) is 15.6. The maximum absolute atomic E-state index is 12.9. The standard InChI is InChI=1S/C19H22Cl3NO5S/c1-12(8-20)10-28-19-17(21)6-16(7-18(19)22)29(25,26)15-4-2-14(3-5-15)27-11-13(24)9-23/h2-7,12-13,24H,8-11,23H2,1H3/t12-,13+/m0/s1. The fraction of sp³-hybridized carbons (Fsp3) is 0.368. The van der Waals surface area contributed by atoms with Crippen LogP contribution in [0.2, 0.25) is 10.0 Å². The van der Waals surface area contributed by atoms with E-state index in [1.807, 2.05) is 6.92 Å². The molecule has 0 unspecified atom stereocenters. The topological polar surface area (TPSA) is 98.9 Å². The van der Waals surface area contributed by atoms with Crippen molar-refractivity contribution < 1.29 is 23.0 Å². The molecule has 2 aromatic carbocycles. The van der Waals surface area contributed by atoms with Gasteiger partial charge in [-0.05, 0) is 36.4 Å². The summed E-state index contributed by atoms with van der Waals surface area (Å²) in [5.74, 6) is 1.11. The molecule has 2 aromatic rings. The second kappa shape index (κ2) is 10.7. The van der Waals surface area contributed by atoms with E-state index in [4.69, 9.17) is 50.0 Å². The highest BCUT2D eigenvalue weighted by Crippen LogP contribution is 2.37. The van der Waals surface area contributed by atoms with Crippen LogP contribution in [-0.4, -0.2) is 45.3 Å². The van der Waals surface area contributed by atoms with Crippen LogP contribution in [0, 0.1) is 5.92 Å². The number of aliphatic hydroxyl groups excluding tert-OH is 1. The Balaban J connectivity index is 2.22. The minimum absolute atomic E-state index is 0.0115. The van der Waals surface area contributed by atoms with Gasteiger partial charge in [0.2, 0.25) is 9.84 Å². The van der Waals surface area contributed by atoms with Crippen LogP contribution in [0.15, 0.2) is 46.2 Å². The smallest absolute Gasteiger partial charge is 0.206 e. The van der Waals surface area contributed by atoms with Gasteiger partial charge in [-0.1, -0.05) is 30.1 Å². The number of hydrogen-bond acceptors (Lipinski definition) is 6. The minimum atomic E-state index is -3.86. The van der Waals surface area contributed by atoms with Gasteiger partial charge < -0.3 is 20.3 Å². The third-order valence-corrected chi connectivity index (χ3v) is 6.74. The van der Waals surface area contributed by atoms with Crippen LogP contribution in [0.5, 0.6) is 11.5 Å². The predicted molar refractivity (Wildman–Crippen MR) is 114 cm³/mol. The second-order valence-electron chi connectivity index (χ2n) is 6.46. The second-order valence-corrected chi connectivity index (χ2v) is 9.53. The summed E-state index contributed by atoms with van der Waals surface area (Å²) in [7, 11) is -3.86. The van der Waals surface area contributed by atoms with Crippen molar-refractivity contribution >= 4 is 44.6 Å². The summed E-state index contributed by atoms with van der Waals surface area (Å²) in [6.07, 6.45) is -0.796. The molecule has 0 aliphatic carbocycles. The van der Waals surface area contributed by atoms with E-state index >= 15 is 0 Å². The molecule has 10 heteroatoms. The van der Waals surface area contributed by atoms with E-state index in [9.17, 15) is 13.5 Å². The average molecular weight is 483 g/mol. The molecule has 160 valence electrons. The zero-order chi connectivity index (χ0) is 21.6. The summed E-state index contributed by atoms with van der Waals surface area (Å²) in [5, 5.41) is 9.60. The van der Waals surface area contributed by atoms with Crippen LogP contribution < -0.4 is 15.2 Å². The van der Waals surface area contributed by atoms with Crippen molar-refractivity contribution in [1.29, 1.82) is 0 Å². The molecule has 29 heavy (non-hydrogen) atoms. The number of halogens is 3. The van der Waals surface area contributed by atoms with Gasteiger partial charge in [-0.3, -0.25) is 0 Å². The molecule has 0 radical (unpaired) electrons. The predicted octanol–water partition coefficient (Wildman–Crippen LogP) is 3.78. The lowest BCUT2D eigenvalue weighted by molar-refractivity contribution is 0.114. The summed E-state index contributed by atoms with van der Waals surface area (Å²) >= 11 is 18.2. The van der Waals surface area contributed by atoms with Gasteiger partial charge in [0.25, 0.3) is 0 Å². The Bertz CT molecular complexity index is 899. The van der Waals surface area contributed by atoms with E-state index in [0.717, 1.165) is 0 Å². The molecule has 0 bridgehead atoms. The maximum Gasteiger partial charge on any atom is 0.206 e. The van der Waals surface area contributed by atoms with Crippen LogP contribution in [0.25, 0.3) is 0 Å². The number of alkyl halides is 1. The Kier molecular flexibility index (Phi) is 8.88. The first-order valence-electron chi connectivity index (χ1n) is 8.73. The van der Waals surface area contributed by atoms with Crippen molar-refractivity contribution in [3.8, 4) is 11.5 Å². The molecular weight excluding hydrogens is 461 g/mol. The Morgan fingerprint density at radius 1 is 1.03 bits per heavy atom. The Labute approximate surface area is 185 Å². The van der Waals surface area contributed by atoms with Crippen LogP contribution in [-0.2, 0) is 9.84 Å². The summed E-state index contributed by atoms with van der Waals surface area (Å²) in [5.41, 5.74) is 5.31. The SMILES string of the molecule is C[C@@H](CCl)COc1c(Cl)cc(S(=O)(=O)c2ccc(OC[C@H](O)CN)cc2)cc1Cl. The third-order valence-electron chi connectivity index (χ3n) is 3.91. The van der Waals surface area contributed by atoms with Gasteiger partial charge in [-0.2, -0.15) is 0 Å². The van der Waals surface area contributed by atoms with Gasteiger partial charge in [-0.15, -0.1) is 11.6 Å². The Morgan fingerprint density at radius 2 is 1.62 bits per heavy atom. The van der Waals surface area contributed by atoms with E-state index in [0.29, 0.717) is 18.2 Å². The van der Waals surface area contributed by atoms with E-state index in [2.05, 4.69) is 0 Å². The summed E-state index contributed by atoms with van der Waals surface area (Å²) in [4.78, 5) is -0.0155. The molecule has 0 amide bonds. The number of rotatable bonds is 10. The first-order valence-corrected chi connectivity index (χ1v) is 11.5. The van der Waals surface area contributed by atoms with Crippen LogP contribution in [0.3, 0.4) is 0 Å². The van der Waals surface area contributed by atoms with Crippen molar-refractivity contribution in [3.63, 3.8) is 0 Å². The number of hydrogen-bond donors (Lipinski definition) is 2. The van der Waals surface area contributed by atoms with E-state index in [-0.39, 0.29) is 44.7 Å².